The number of primary amides is 1. The average molecular weight is 380 g/mol. The zero-order chi connectivity index (χ0) is 19.9. The summed E-state index contributed by atoms with van der Waals surface area (Å²) in [5, 5.41) is 6.58. The lowest BCUT2D eigenvalue weighted by molar-refractivity contribution is 0.1000. The van der Waals surface area contributed by atoms with E-state index in [0.29, 0.717) is 30.5 Å². The van der Waals surface area contributed by atoms with Gasteiger partial charge in [0.2, 0.25) is 5.91 Å². The van der Waals surface area contributed by atoms with Gasteiger partial charge in [-0.25, -0.2) is 0 Å². The Morgan fingerprint density at radius 3 is 2.68 bits per heavy atom. The highest BCUT2D eigenvalue weighted by Gasteiger charge is 2.22. The monoisotopic (exact) mass is 380 g/mol. The van der Waals surface area contributed by atoms with Gasteiger partial charge in [-0.05, 0) is 55.0 Å². The van der Waals surface area contributed by atoms with E-state index in [2.05, 4.69) is 40.7 Å². The van der Waals surface area contributed by atoms with Crippen molar-refractivity contribution in [3.63, 3.8) is 0 Å². The maximum Gasteiger partial charge on any atom is 0.248 e. The summed E-state index contributed by atoms with van der Waals surface area (Å²) >= 11 is 0. The molecule has 0 heterocycles. The molecule has 2 aromatic rings. The maximum absolute atomic E-state index is 11.3. The molecule has 4 N–H and O–H groups in total. The molecule has 0 spiro atoms. The van der Waals surface area contributed by atoms with E-state index in [4.69, 9.17) is 10.5 Å². The van der Waals surface area contributed by atoms with E-state index in [1.165, 1.54) is 18.4 Å². The van der Waals surface area contributed by atoms with Gasteiger partial charge >= 0.3 is 0 Å². The summed E-state index contributed by atoms with van der Waals surface area (Å²) in [4.78, 5) is 15.6. The lowest BCUT2D eigenvalue weighted by Crippen LogP contribution is -2.36. The SMILES string of the molecule is CN=C(NCc1cccc(C(N)=O)c1)NCc1ccc(C)cc1OCC1CC1. The number of rotatable bonds is 8. The van der Waals surface area contributed by atoms with Crippen molar-refractivity contribution in [3.8, 4) is 5.75 Å². The molecule has 0 aromatic heterocycles. The predicted molar refractivity (Wildman–Crippen MR) is 111 cm³/mol. The van der Waals surface area contributed by atoms with E-state index >= 15 is 0 Å². The quantitative estimate of drug-likeness (QED) is 0.485. The summed E-state index contributed by atoms with van der Waals surface area (Å²) in [7, 11) is 1.73. The average Bonchev–Trinajstić information content (AvgIpc) is 3.52. The molecule has 2 aromatic carbocycles. The molecule has 1 aliphatic rings. The zero-order valence-electron chi connectivity index (χ0n) is 16.5. The summed E-state index contributed by atoms with van der Waals surface area (Å²) in [6.45, 7) is 4.02. The van der Waals surface area contributed by atoms with Crippen LogP contribution in [0.2, 0.25) is 0 Å². The minimum Gasteiger partial charge on any atom is -0.493 e. The van der Waals surface area contributed by atoms with E-state index in [0.717, 1.165) is 23.5 Å². The van der Waals surface area contributed by atoms with Crippen LogP contribution in [-0.2, 0) is 13.1 Å². The Bertz CT molecular complexity index is 859. The van der Waals surface area contributed by atoms with Crippen molar-refractivity contribution < 1.29 is 9.53 Å². The maximum atomic E-state index is 11.3. The normalized spacial score (nSPS) is 13.9. The van der Waals surface area contributed by atoms with Crippen LogP contribution in [-0.4, -0.2) is 25.5 Å². The molecular weight excluding hydrogens is 352 g/mol. The fourth-order valence-corrected chi connectivity index (χ4v) is 2.85. The number of carbonyl (C=O) groups is 1. The number of hydrogen-bond acceptors (Lipinski definition) is 3. The number of aryl methyl sites for hydroxylation is 1. The molecule has 0 aliphatic heterocycles. The highest BCUT2D eigenvalue weighted by molar-refractivity contribution is 5.92. The number of nitrogens with two attached hydrogens (primary N) is 1. The van der Waals surface area contributed by atoms with Crippen molar-refractivity contribution in [2.45, 2.75) is 32.9 Å². The molecule has 1 aliphatic carbocycles. The van der Waals surface area contributed by atoms with Crippen LogP contribution in [0.1, 0.15) is 39.9 Å². The number of ether oxygens (including phenoxy) is 1. The first kappa shape index (κ1) is 19.7. The number of carbonyl (C=O) groups excluding carboxylic acids is 1. The lowest BCUT2D eigenvalue weighted by atomic mass is 10.1. The molecule has 0 saturated heterocycles. The molecular formula is C22H28N4O2. The number of amides is 1. The summed E-state index contributed by atoms with van der Waals surface area (Å²) in [6, 6.07) is 13.5. The number of nitrogens with zero attached hydrogens (tertiary/aromatic N) is 1. The van der Waals surface area contributed by atoms with Gasteiger partial charge in [0.25, 0.3) is 0 Å². The molecule has 0 bridgehead atoms. The van der Waals surface area contributed by atoms with Gasteiger partial charge in [0, 0.05) is 31.3 Å². The Hall–Kier alpha value is -3.02. The van der Waals surface area contributed by atoms with E-state index in [1.807, 2.05) is 12.1 Å². The predicted octanol–water partition coefficient (Wildman–Crippen LogP) is 2.75. The van der Waals surface area contributed by atoms with Gasteiger partial charge in [-0.2, -0.15) is 0 Å². The van der Waals surface area contributed by atoms with Gasteiger partial charge in [0.05, 0.1) is 6.61 Å². The van der Waals surface area contributed by atoms with Crippen molar-refractivity contribution in [3.05, 3.63) is 64.7 Å². The highest BCUT2D eigenvalue weighted by Crippen LogP contribution is 2.30. The molecule has 28 heavy (non-hydrogen) atoms. The number of guanidine groups is 1. The van der Waals surface area contributed by atoms with Crippen LogP contribution in [0.5, 0.6) is 5.75 Å². The molecule has 1 amide bonds. The third-order valence-corrected chi connectivity index (χ3v) is 4.74. The molecule has 1 fully saturated rings. The Balaban J connectivity index is 1.56. The summed E-state index contributed by atoms with van der Waals surface area (Å²) in [5.41, 5.74) is 9.09. The van der Waals surface area contributed by atoms with Gasteiger partial charge in [-0.1, -0.05) is 24.3 Å². The molecule has 3 rings (SSSR count). The Morgan fingerprint density at radius 2 is 1.96 bits per heavy atom. The largest absolute Gasteiger partial charge is 0.493 e. The van der Waals surface area contributed by atoms with Crippen molar-refractivity contribution in [2.24, 2.45) is 16.6 Å². The Kier molecular flexibility index (Phi) is 6.53. The summed E-state index contributed by atoms with van der Waals surface area (Å²) in [5.74, 6) is 1.90. The number of benzene rings is 2. The van der Waals surface area contributed by atoms with Crippen LogP contribution in [0, 0.1) is 12.8 Å². The molecule has 0 unspecified atom stereocenters. The minimum atomic E-state index is -0.428. The Labute approximate surface area is 166 Å². The molecule has 6 heteroatoms. The topological polar surface area (TPSA) is 88.7 Å². The second kappa shape index (κ2) is 9.26. The third-order valence-electron chi connectivity index (χ3n) is 4.74. The van der Waals surface area contributed by atoms with E-state index in [9.17, 15) is 4.79 Å². The molecule has 0 radical (unpaired) electrons. The lowest BCUT2D eigenvalue weighted by Gasteiger charge is -2.15. The first-order valence-electron chi connectivity index (χ1n) is 9.60. The molecule has 6 nitrogen and oxygen atoms in total. The van der Waals surface area contributed by atoms with E-state index < -0.39 is 5.91 Å². The number of nitrogens with one attached hydrogen (secondary N) is 2. The van der Waals surface area contributed by atoms with Crippen molar-refractivity contribution in [1.82, 2.24) is 10.6 Å². The molecule has 0 atom stereocenters. The fourth-order valence-electron chi connectivity index (χ4n) is 2.85. The number of aliphatic imine (C=N–C) groups is 1. The van der Waals surface area contributed by atoms with Crippen molar-refractivity contribution in [2.75, 3.05) is 13.7 Å². The van der Waals surface area contributed by atoms with E-state index in [-0.39, 0.29) is 0 Å². The van der Waals surface area contributed by atoms with Gasteiger partial charge in [-0.15, -0.1) is 0 Å². The number of hydrogen-bond donors (Lipinski definition) is 3. The van der Waals surface area contributed by atoms with Crippen molar-refractivity contribution >= 4 is 11.9 Å². The van der Waals surface area contributed by atoms with Crippen LogP contribution >= 0.6 is 0 Å². The first-order valence-corrected chi connectivity index (χ1v) is 9.60. The van der Waals surface area contributed by atoms with Crippen LogP contribution in [0.3, 0.4) is 0 Å². The molecule has 148 valence electrons. The van der Waals surface area contributed by atoms with Gasteiger partial charge in [0.15, 0.2) is 5.96 Å². The fraction of sp³-hybridized carbons (Fsp3) is 0.364. The second-order valence-corrected chi connectivity index (χ2v) is 7.21. The summed E-state index contributed by atoms with van der Waals surface area (Å²) < 4.78 is 6.03. The van der Waals surface area contributed by atoms with Crippen LogP contribution in [0.4, 0.5) is 0 Å². The smallest absolute Gasteiger partial charge is 0.248 e. The van der Waals surface area contributed by atoms with Gasteiger partial charge in [0.1, 0.15) is 5.75 Å². The first-order chi connectivity index (χ1) is 13.5. The summed E-state index contributed by atoms with van der Waals surface area (Å²) in [6.07, 6.45) is 2.54. The standard InChI is InChI=1S/C22H28N4O2/c1-15-6-9-19(20(10-15)28-14-16-7-8-16)13-26-22(24-2)25-12-17-4-3-5-18(11-17)21(23)27/h3-6,9-11,16H,7-8,12-14H2,1-2H3,(H2,23,27)(H2,24,25,26). The van der Waals surface area contributed by atoms with Gasteiger partial charge in [-0.3, -0.25) is 9.79 Å². The van der Waals surface area contributed by atoms with Crippen molar-refractivity contribution in [1.29, 1.82) is 0 Å². The van der Waals surface area contributed by atoms with Crippen LogP contribution < -0.4 is 21.1 Å². The highest BCUT2D eigenvalue weighted by atomic mass is 16.5. The van der Waals surface area contributed by atoms with E-state index in [1.54, 1.807) is 19.2 Å². The minimum absolute atomic E-state index is 0.428. The molecule has 1 saturated carbocycles. The van der Waals surface area contributed by atoms with Crippen LogP contribution in [0.15, 0.2) is 47.5 Å². The second-order valence-electron chi connectivity index (χ2n) is 7.21. The van der Waals surface area contributed by atoms with Gasteiger partial charge < -0.3 is 21.1 Å². The Morgan fingerprint density at radius 1 is 1.18 bits per heavy atom. The third kappa shape index (κ3) is 5.74. The zero-order valence-corrected chi connectivity index (χ0v) is 16.5. The van der Waals surface area contributed by atoms with Crippen LogP contribution in [0.25, 0.3) is 0 Å².